The molecule has 1 aliphatic heterocycles. The number of nitrogens with zero attached hydrogens (tertiary/aromatic N) is 7. The molecule has 1 aliphatic rings. The quantitative estimate of drug-likeness (QED) is 0.711. The van der Waals surface area contributed by atoms with Gasteiger partial charge < -0.3 is 0 Å². The molecular weight excluding hydrogens is 318 g/mol. The standard InChI is InChI=1S/C17H21N7O/c1-11(2)16-20-8-13-17(25)23-5-4-22(10-15(23)21-24(13)16)9-14-18-6-12(3)7-19-14/h6-8,11H,4-5,9-10H2,1-3H3. The van der Waals surface area contributed by atoms with E-state index < -0.39 is 0 Å². The highest BCUT2D eigenvalue weighted by atomic mass is 16.1. The van der Waals surface area contributed by atoms with Crippen molar-refractivity contribution in [1.29, 1.82) is 0 Å². The average molecular weight is 339 g/mol. The third-order valence-electron chi connectivity index (χ3n) is 4.48. The lowest BCUT2D eigenvalue weighted by Crippen LogP contribution is -2.41. The maximum absolute atomic E-state index is 12.7. The lowest BCUT2D eigenvalue weighted by molar-refractivity contribution is 0.197. The highest BCUT2D eigenvalue weighted by Crippen LogP contribution is 2.15. The lowest BCUT2D eigenvalue weighted by atomic mass is 10.2. The van der Waals surface area contributed by atoms with Gasteiger partial charge in [-0.25, -0.2) is 19.5 Å². The van der Waals surface area contributed by atoms with E-state index in [-0.39, 0.29) is 11.5 Å². The number of aryl methyl sites for hydroxylation is 1. The number of imidazole rings is 1. The fraction of sp³-hybridized carbons (Fsp3) is 0.471. The molecule has 0 unspecified atom stereocenters. The molecule has 130 valence electrons. The normalized spacial score (nSPS) is 15.0. The van der Waals surface area contributed by atoms with E-state index in [1.807, 2.05) is 19.3 Å². The summed E-state index contributed by atoms with van der Waals surface area (Å²) in [5, 5.41) is 4.70. The number of aromatic nitrogens is 6. The van der Waals surface area contributed by atoms with Crippen molar-refractivity contribution in [2.45, 2.75) is 46.3 Å². The first-order valence-corrected chi connectivity index (χ1v) is 8.50. The van der Waals surface area contributed by atoms with Crippen LogP contribution < -0.4 is 5.56 Å². The molecule has 8 nitrogen and oxygen atoms in total. The van der Waals surface area contributed by atoms with E-state index in [4.69, 9.17) is 5.10 Å². The van der Waals surface area contributed by atoms with Crippen LogP contribution in [-0.2, 0) is 19.6 Å². The Balaban J connectivity index is 1.66. The van der Waals surface area contributed by atoms with Gasteiger partial charge in [-0.15, -0.1) is 0 Å². The van der Waals surface area contributed by atoms with Crippen LogP contribution in [0, 0.1) is 6.92 Å². The number of rotatable bonds is 3. The molecule has 0 aromatic carbocycles. The van der Waals surface area contributed by atoms with Crippen LogP contribution in [0.1, 0.15) is 42.8 Å². The molecule has 0 saturated heterocycles. The zero-order chi connectivity index (χ0) is 17.6. The largest absolute Gasteiger partial charge is 0.291 e. The molecular formula is C17H21N7O. The second-order valence-corrected chi connectivity index (χ2v) is 6.83. The summed E-state index contributed by atoms with van der Waals surface area (Å²) in [6.07, 6.45) is 5.28. The molecule has 0 bridgehead atoms. The van der Waals surface area contributed by atoms with Gasteiger partial charge in [0, 0.05) is 31.4 Å². The van der Waals surface area contributed by atoms with Gasteiger partial charge in [-0.1, -0.05) is 13.8 Å². The minimum Gasteiger partial charge on any atom is -0.291 e. The number of hydrogen-bond donors (Lipinski definition) is 0. The van der Waals surface area contributed by atoms with E-state index in [2.05, 4.69) is 33.7 Å². The van der Waals surface area contributed by atoms with Gasteiger partial charge in [-0.05, 0) is 12.5 Å². The Labute approximate surface area is 145 Å². The van der Waals surface area contributed by atoms with Crippen LogP contribution in [0.2, 0.25) is 0 Å². The first-order valence-electron chi connectivity index (χ1n) is 8.50. The van der Waals surface area contributed by atoms with E-state index in [0.29, 0.717) is 25.2 Å². The molecule has 4 heterocycles. The van der Waals surface area contributed by atoms with E-state index in [9.17, 15) is 4.79 Å². The average Bonchev–Trinajstić information content (AvgIpc) is 3.01. The molecule has 4 rings (SSSR count). The zero-order valence-corrected chi connectivity index (χ0v) is 14.7. The summed E-state index contributed by atoms with van der Waals surface area (Å²) in [6.45, 7) is 8.70. The summed E-state index contributed by atoms with van der Waals surface area (Å²) < 4.78 is 3.46. The van der Waals surface area contributed by atoms with Crippen molar-refractivity contribution >= 4 is 5.52 Å². The Hall–Kier alpha value is -2.61. The van der Waals surface area contributed by atoms with Crippen LogP contribution in [0.25, 0.3) is 5.52 Å². The van der Waals surface area contributed by atoms with Crippen LogP contribution in [-0.4, -0.2) is 40.6 Å². The summed E-state index contributed by atoms with van der Waals surface area (Å²) >= 11 is 0. The topological polar surface area (TPSA) is 81.2 Å². The van der Waals surface area contributed by atoms with E-state index in [1.165, 1.54) is 0 Å². The molecule has 0 atom stereocenters. The van der Waals surface area contributed by atoms with Crippen molar-refractivity contribution < 1.29 is 0 Å². The third-order valence-corrected chi connectivity index (χ3v) is 4.48. The van der Waals surface area contributed by atoms with Crippen LogP contribution in [0.5, 0.6) is 0 Å². The van der Waals surface area contributed by atoms with Crippen LogP contribution in [0.4, 0.5) is 0 Å². The Morgan fingerprint density at radius 2 is 1.88 bits per heavy atom. The minimum absolute atomic E-state index is 0.0179. The van der Waals surface area contributed by atoms with E-state index >= 15 is 0 Å². The molecule has 25 heavy (non-hydrogen) atoms. The summed E-state index contributed by atoms with van der Waals surface area (Å²) in [5.74, 6) is 2.57. The molecule has 0 amide bonds. The lowest BCUT2D eigenvalue weighted by Gasteiger charge is -2.28. The van der Waals surface area contributed by atoms with Crippen molar-refractivity contribution in [1.82, 2.24) is 34.0 Å². The van der Waals surface area contributed by atoms with Crippen molar-refractivity contribution in [3.05, 3.63) is 52.0 Å². The zero-order valence-electron chi connectivity index (χ0n) is 14.7. The Bertz CT molecular complexity index is 971. The van der Waals surface area contributed by atoms with Crippen molar-refractivity contribution in [3.63, 3.8) is 0 Å². The predicted octanol–water partition coefficient (Wildman–Crippen LogP) is 1.13. The Kier molecular flexibility index (Phi) is 3.84. The van der Waals surface area contributed by atoms with Gasteiger partial charge in [0.05, 0.1) is 19.3 Å². The first-order chi connectivity index (χ1) is 12.0. The predicted molar refractivity (Wildman–Crippen MR) is 92.2 cm³/mol. The van der Waals surface area contributed by atoms with Gasteiger partial charge in [0.2, 0.25) is 0 Å². The van der Waals surface area contributed by atoms with Gasteiger partial charge in [0.15, 0.2) is 5.52 Å². The van der Waals surface area contributed by atoms with Gasteiger partial charge in [-0.3, -0.25) is 14.3 Å². The molecule has 8 heteroatoms. The summed E-state index contributed by atoms with van der Waals surface area (Å²) in [7, 11) is 0. The second kappa shape index (κ2) is 6.03. The molecule has 3 aromatic rings. The second-order valence-electron chi connectivity index (χ2n) is 6.83. The number of hydrogen-bond acceptors (Lipinski definition) is 6. The van der Waals surface area contributed by atoms with Crippen molar-refractivity contribution in [2.24, 2.45) is 0 Å². The van der Waals surface area contributed by atoms with Gasteiger partial charge in [0.1, 0.15) is 17.5 Å². The van der Waals surface area contributed by atoms with Crippen LogP contribution in [0.3, 0.4) is 0 Å². The van der Waals surface area contributed by atoms with Gasteiger partial charge in [0.25, 0.3) is 5.56 Å². The fourth-order valence-electron chi connectivity index (χ4n) is 3.13. The summed E-state index contributed by atoms with van der Waals surface area (Å²) in [5.41, 5.74) is 1.57. The molecule has 3 aromatic heterocycles. The molecule has 0 radical (unpaired) electrons. The monoisotopic (exact) mass is 339 g/mol. The SMILES string of the molecule is Cc1cnc(CN2CCn3c(nn4c(C(C)C)ncc4c3=O)C2)nc1. The molecule has 0 aliphatic carbocycles. The maximum Gasteiger partial charge on any atom is 0.279 e. The van der Waals surface area contributed by atoms with E-state index in [0.717, 1.165) is 29.6 Å². The highest BCUT2D eigenvalue weighted by Gasteiger charge is 2.22. The fourth-order valence-corrected chi connectivity index (χ4v) is 3.13. The molecule has 0 spiro atoms. The third kappa shape index (κ3) is 2.82. The Morgan fingerprint density at radius 3 is 2.60 bits per heavy atom. The number of fused-ring (bicyclic) bond motifs is 2. The first kappa shape index (κ1) is 15.9. The van der Waals surface area contributed by atoms with Crippen molar-refractivity contribution in [2.75, 3.05) is 6.54 Å². The molecule has 0 fully saturated rings. The Morgan fingerprint density at radius 1 is 1.12 bits per heavy atom. The summed E-state index contributed by atoms with van der Waals surface area (Å²) in [4.78, 5) is 28.1. The smallest absolute Gasteiger partial charge is 0.279 e. The van der Waals surface area contributed by atoms with E-state index in [1.54, 1.807) is 15.3 Å². The van der Waals surface area contributed by atoms with Crippen LogP contribution >= 0.6 is 0 Å². The van der Waals surface area contributed by atoms with Gasteiger partial charge in [-0.2, -0.15) is 5.10 Å². The van der Waals surface area contributed by atoms with Crippen molar-refractivity contribution in [3.8, 4) is 0 Å². The van der Waals surface area contributed by atoms with Crippen LogP contribution in [0.15, 0.2) is 23.4 Å². The van der Waals surface area contributed by atoms with Gasteiger partial charge >= 0.3 is 0 Å². The summed E-state index contributed by atoms with van der Waals surface area (Å²) in [6, 6.07) is 0. The highest BCUT2D eigenvalue weighted by molar-refractivity contribution is 5.43. The molecule has 0 N–H and O–H groups in total. The molecule has 0 saturated carbocycles. The maximum atomic E-state index is 12.7. The minimum atomic E-state index is -0.0179.